The molecule has 1 unspecified atom stereocenters. The number of aliphatic hydroxyl groups excluding tert-OH is 1. The Kier molecular flexibility index (Phi) is 4.96. The lowest BCUT2D eigenvalue weighted by Crippen LogP contribution is -2.32. The van der Waals surface area contributed by atoms with Crippen LogP contribution >= 0.6 is 0 Å². The fourth-order valence-corrected chi connectivity index (χ4v) is 1.91. The van der Waals surface area contributed by atoms with Gasteiger partial charge in [-0.05, 0) is 24.6 Å². The summed E-state index contributed by atoms with van der Waals surface area (Å²) in [4.78, 5) is 14.0. The number of nitro groups is 1. The zero-order valence-electron chi connectivity index (χ0n) is 11.6. The average molecular weight is 291 g/mol. The van der Waals surface area contributed by atoms with Crippen molar-refractivity contribution >= 4 is 5.69 Å². The van der Waals surface area contributed by atoms with Gasteiger partial charge in [-0.25, -0.2) is 0 Å². The summed E-state index contributed by atoms with van der Waals surface area (Å²) in [5.41, 5.74) is 0.993. The molecular weight excluding hydrogens is 274 g/mol. The first-order chi connectivity index (χ1) is 10.1. The van der Waals surface area contributed by atoms with Crippen molar-refractivity contribution in [3.05, 3.63) is 52.6 Å². The summed E-state index contributed by atoms with van der Waals surface area (Å²) in [6.45, 7) is 2.54. The highest BCUT2D eigenvalue weighted by atomic mass is 16.6. The number of aliphatic hydroxyl groups is 1. The smallest absolute Gasteiger partial charge is 0.306 e. The molecule has 0 amide bonds. The molecule has 112 valence electrons. The van der Waals surface area contributed by atoms with Crippen molar-refractivity contribution in [2.45, 2.75) is 25.6 Å². The number of hydrogen-bond donors (Lipinski definition) is 2. The van der Waals surface area contributed by atoms with Crippen LogP contribution in [0.5, 0.6) is 0 Å². The van der Waals surface area contributed by atoms with Gasteiger partial charge < -0.3 is 10.4 Å². The zero-order valence-corrected chi connectivity index (χ0v) is 11.6. The van der Waals surface area contributed by atoms with Gasteiger partial charge in [0.15, 0.2) is 0 Å². The Labute approximate surface area is 121 Å². The molecule has 2 aromatic heterocycles. The Balaban J connectivity index is 1.81. The van der Waals surface area contributed by atoms with Crippen LogP contribution in [-0.2, 0) is 6.54 Å². The Morgan fingerprint density at radius 2 is 2.19 bits per heavy atom. The quantitative estimate of drug-likeness (QED) is 0.580. The number of nitrogens with one attached hydrogen (secondary N) is 1. The van der Waals surface area contributed by atoms with Gasteiger partial charge in [0.2, 0.25) is 0 Å². The van der Waals surface area contributed by atoms with Gasteiger partial charge in [0, 0.05) is 25.0 Å². The second-order valence-electron chi connectivity index (χ2n) is 4.74. The molecule has 0 radical (unpaired) electrons. The van der Waals surface area contributed by atoms with E-state index >= 15 is 0 Å². The monoisotopic (exact) mass is 291 g/mol. The molecule has 0 saturated carbocycles. The number of rotatable bonds is 7. The van der Waals surface area contributed by atoms with Gasteiger partial charge in [-0.3, -0.25) is 19.8 Å². The normalized spacial score (nSPS) is 13.8. The molecule has 8 heteroatoms. The van der Waals surface area contributed by atoms with Crippen molar-refractivity contribution in [2.24, 2.45) is 0 Å². The van der Waals surface area contributed by atoms with Gasteiger partial charge in [-0.1, -0.05) is 0 Å². The lowest BCUT2D eigenvalue weighted by molar-refractivity contribution is -0.385. The molecule has 2 rings (SSSR count). The molecule has 2 N–H and O–H groups in total. The highest BCUT2D eigenvalue weighted by Gasteiger charge is 2.13. The summed E-state index contributed by atoms with van der Waals surface area (Å²) >= 11 is 0. The van der Waals surface area contributed by atoms with Crippen LogP contribution in [-0.4, -0.2) is 37.4 Å². The Hall–Kier alpha value is -2.32. The molecule has 0 spiro atoms. The number of aromatic nitrogens is 3. The predicted molar refractivity (Wildman–Crippen MR) is 75.5 cm³/mol. The largest absolute Gasteiger partial charge is 0.390 e. The van der Waals surface area contributed by atoms with Crippen LogP contribution in [0, 0.1) is 10.1 Å². The Bertz CT molecular complexity index is 587. The van der Waals surface area contributed by atoms with Gasteiger partial charge in [0.05, 0.1) is 17.6 Å². The van der Waals surface area contributed by atoms with E-state index in [0.717, 1.165) is 5.56 Å². The van der Waals surface area contributed by atoms with E-state index in [-0.39, 0.29) is 18.3 Å². The van der Waals surface area contributed by atoms with E-state index in [0.29, 0.717) is 6.54 Å². The lowest BCUT2D eigenvalue weighted by atomic mass is 10.1. The first-order valence-electron chi connectivity index (χ1n) is 6.54. The maximum atomic E-state index is 10.5. The first-order valence-corrected chi connectivity index (χ1v) is 6.54. The third kappa shape index (κ3) is 4.33. The standard InChI is InChI=1S/C13H17N5O3/c1-10(11-2-4-14-5-3-11)15-7-13(19)9-17-8-12(6-16-17)18(20)21/h2-6,8,10,13,15,19H,7,9H2,1H3/t10-,13?/m1/s1. The third-order valence-corrected chi connectivity index (χ3v) is 3.09. The minimum atomic E-state index is -0.686. The Morgan fingerprint density at radius 1 is 1.48 bits per heavy atom. The van der Waals surface area contributed by atoms with Gasteiger partial charge in [-0.2, -0.15) is 5.10 Å². The SMILES string of the molecule is C[C@@H](NCC(O)Cn1cc([N+](=O)[O-])cn1)c1ccncc1. The summed E-state index contributed by atoms with van der Waals surface area (Å²) < 4.78 is 1.36. The molecule has 2 aromatic rings. The van der Waals surface area contributed by atoms with E-state index in [2.05, 4.69) is 15.4 Å². The van der Waals surface area contributed by atoms with Crippen molar-refractivity contribution in [3.63, 3.8) is 0 Å². The van der Waals surface area contributed by atoms with Crippen LogP contribution in [0.15, 0.2) is 36.9 Å². The molecule has 0 bridgehead atoms. The van der Waals surface area contributed by atoms with E-state index in [1.807, 2.05) is 19.1 Å². The van der Waals surface area contributed by atoms with Gasteiger partial charge in [0.25, 0.3) is 0 Å². The molecule has 0 fully saturated rings. The maximum Gasteiger partial charge on any atom is 0.306 e. The summed E-state index contributed by atoms with van der Waals surface area (Å²) in [5, 5.41) is 27.5. The predicted octanol–water partition coefficient (Wildman–Crippen LogP) is 0.898. The molecule has 0 saturated heterocycles. The van der Waals surface area contributed by atoms with Gasteiger partial charge in [-0.15, -0.1) is 0 Å². The van der Waals surface area contributed by atoms with Crippen LogP contribution in [0.25, 0.3) is 0 Å². The number of nitrogens with zero attached hydrogens (tertiary/aromatic N) is 4. The summed E-state index contributed by atoms with van der Waals surface area (Å²) in [5.74, 6) is 0. The second kappa shape index (κ2) is 6.91. The van der Waals surface area contributed by atoms with Crippen molar-refractivity contribution in [1.82, 2.24) is 20.1 Å². The summed E-state index contributed by atoms with van der Waals surface area (Å²) in [6.07, 6.45) is 5.21. The Morgan fingerprint density at radius 3 is 2.81 bits per heavy atom. The minimum absolute atomic E-state index is 0.0783. The van der Waals surface area contributed by atoms with Crippen LogP contribution < -0.4 is 5.32 Å². The fourth-order valence-electron chi connectivity index (χ4n) is 1.91. The number of pyridine rings is 1. The molecule has 0 aliphatic heterocycles. The highest BCUT2D eigenvalue weighted by Crippen LogP contribution is 2.11. The molecule has 21 heavy (non-hydrogen) atoms. The maximum absolute atomic E-state index is 10.5. The summed E-state index contributed by atoms with van der Waals surface area (Å²) in [6, 6.07) is 3.89. The van der Waals surface area contributed by atoms with Crippen molar-refractivity contribution in [1.29, 1.82) is 0 Å². The molecule has 0 aliphatic carbocycles. The zero-order chi connectivity index (χ0) is 15.2. The van der Waals surface area contributed by atoms with Crippen LogP contribution in [0.3, 0.4) is 0 Å². The van der Waals surface area contributed by atoms with E-state index in [9.17, 15) is 15.2 Å². The second-order valence-corrected chi connectivity index (χ2v) is 4.74. The third-order valence-electron chi connectivity index (χ3n) is 3.09. The van der Waals surface area contributed by atoms with Crippen LogP contribution in [0.2, 0.25) is 0 Å². The molecule has 8 nitrogen and oxygen atoms in total. The molecule has 0 aliphatic rings. The minimum Gasteiger partial charge on any atom is -0.390 e. The lowest BCUT2D eigenvalue weighted by Gasteiger charge is -2.17. The fraction of sp³-hybridized carbons (Fsp3) is 0.385. The molecular formula is C13H17N5O3. The van der Waals surface area contributed by atoms with E-state index in [4.69, 9.17) is 0 Å². The summed E-state index contributed by atoms with van der Waals surface area (Å²) in [7, 11) is 0. The first kappa shape index (κ1) is 15.1. The highest BCUT2D eigenvalue weighted by molar-refractivity contribution is 5.20. The average Bonchev–Trinajstić information content (AvgIpc) is 2.94. The van der Waals surface area contributed by atoms with Crippen molar-refractivity contribution in [3.8, 4) is 0 Å². The number of hydrogen-bond acceptors (Lipinski definition) is 6. The van der Waals surface area contributed by atoms with Crippen molar-refractivity contribution < 1.29 is 10.0 Å². The van der Waals surface area contributed by atoms with Crippen LogP contribution in [0.4, 0.5) is 5.69 Å². The molecule has 0 aromatic carbocycles. The molecule has 2 heterocycles. The van der Waals surface area contributed by atoms with Gasteiger partial charge in [0.1, 0.15) is 12.4 Å². The van der Waals surface area contributed by atoms with E-state index in [1.54, 1.807) is 12.4 Å². The van der Waals surface area contributed by atoms with Crippen molar-refractivity contribution in [2.75, 3.05) is 6.54 Å². The van der Waals surface area contributed by atoms with E-state index in [1.165, 1.54) is 17.1 Å². The van der Waals surface area contributed by atoms with Gasteiger partial charge >= 0.3 is 5.69 Å². The molecule has 2 atom stereocenters. The van der Waals surface area contributed by atoms with E-state index < -0.39 is 11.0 Å². The van der Waals surface area contributed by atoms with Crippen LogP contribution in [0.1, 0.15) is 18.5 Å². The topological polar surface area (TPSA) is 106 Å².